The summed E-state index contributed by atoms with van der Waals surface area (Å²) in [4.78, 5) is 22.2. The first-order valence-corrected chi connectivity index (χ1v) is 4.53. The van der Waals surface area contributed by atoms with Gasteiger partial charge in [-0.2, -0.15) is 0 Å². The van der Waals surface area contributed by atoms with Gasteiger partial charge in [0.25, 0.3) is 5.91 Å². The Morgan fingerprint density at radius 1 is 1.40 bits per heavy atom. The van der Waals surface area contributed by atoms with Gasteiger partial charge in [0, 0.05) is 0 Å². The smallest absolute Gasteiger partial charge is 0.255 e. The predicted molar refractivity (Wildman–Crippen MR) is 51.7 cm³/mol. The number of anilines is 1. The number of halogens is 2. The number of hydrogen-bond donors (Lipinski definition) is 1. The number of carbonyl (C=O) groups is 2. The van der Waals surface area contributed by atoms with Crippen molar-refractivity contribution in [3.8, 4) is 0 Å². The zero-order chi connectivity index (χ0) is 11.0. The molecule has 0 radical (unpaired) electrons. The molecule has 0 aliphatic carbocycles. The van der Waals surface area contributed by atoms with Crippen LogP contribution in [0.1, 0.15) is 6.42 Å². The summed E-state index contributed by atoms with van der Waals surface area (Å²) in [6.07, 6.45) is -0.199. The van der Waals surface area contributed by atoms with E-state index in [1.54, 1.807) is 0 Å². The molecule has 1 aliphatic rings. The summed E-state index contributed by atoms with van der Waals surface area (Å²) >= 11 is 5.55. The number of nitrogens with zero attached hydrogens (tertiary/aromatic N) is 1. The van der Waals surface area contributed by atoms with Crippen molar-refractivity contribution in [2.75, 3.05) is 5.01 Å². The van der Waals surface area contributed by atoms with Gasteiger partial charge in [-0.1, -0.05) is 11.6 Å². The van der Waals surface area contributed by atoms with Crippen molar-refractivity contribution in [1.82, 2.24) is 5.43 Å². The topological polar surface area (TPSA) is 49.4 Å². The number of amides is 2. The fraction of sp³-hybridized carbons (Fsp3) is 0.111. The van der Waals surface area contributed by atoms with Crippen molar-refractivity contribution >= 4 is 29.1 Å². The molecule has 0 saturated carbocycles. The number of rotatable bonds is 1. The van der Waals surface area contributed by atoms with Gasteiger partial charge in [0.2, 0.25) is 5.91 Å². The molecule has 0 bridgehead atoms. The Hall–Kier alpha value is -1.62. The molecule has 6 heteroatoms. The van der Waals surface area contributed by atoms with Gasteiger partial charge in [-0.15, -0.1) is 0 Å². The van der Waals surface area contributed by atoms with Gasteiger partial charge in [0.05, 0.1) is 10.7 Å². The van der Waals surface area contributed by atoms with Crippen LogP contribution in [0.25, 0.3) is 0 Å². The largest absolute Gasteiger partial charge is 0.273 e. The third kappa shape index (κ3) is 1.78. The first-order chi connectivity index (χ1) is 7.08. The maximum absolute atomic E-state index is 12.8. The van der Waals surface area contributed by atoms with Gasteiger partial charge < -0.3 is 0 Å². The molecule has 0 atom stereocenters. The highest BCUT2D eigenvalue weighted by Crippen LogP contribution is 2.23. The second-order valence-electron chi connectivity index (χ2n) is 3.04. The summed E-state index contributed by atoms with van der Waals surface area (Å²) < 4.78 is 12.8. The van der Waals surface area contributed by atoms with E-state index in [1.807, 2.05) is 0 Å². The molecule has 2 rings (SSSR count). The Morgan fingerprint density at radius 2 is 2.13 bits per heavy atom. The van der Waals surface area contributed by atoms with Crippen LogP contribution in [0, 0.1) is 5.82 Å². The maximum Gasteiger partial charge on any atom is 0.255 e. The minimum absolute atomic E-state index is 0.0959. The summed E-state index contributed by atoms with van der Waals surface area (Å²) in [7, 11) is 0. The molecule has 1 saturated heterocycles. The monoisotopic (exact) mass is 228 g/mol. The fourth-order valence-corrected chi connectivity index (χ4v) is 1.45. The third-order valence-corrected chi connectivity index (χ3v) is 2.25. The van der Waals surface area contributed by atoms with Crippen molar-refractivity contribution in [3.63, 3.8) is 0 Å². The maximum atomic E-state index is 12.8. The van der Waals surface area contributed by atoms with E-state index in [9.17, 15) is 14.0 Å². The lowest BCUT2D eigenvalue weighted by molar-refractivity contribution is -0.122. The van der Waals surface area contributed by atoms with E-state index in [1.165, 1.54) is 12.1 Å². The summed E-state index contributed by atoms with van der Waals surface area (Å²) in [5.41, 5.74) is 2.68. The minimum Gasteiger partial charge on any atom is -0.273 e. The molecule has 4 nitrogen and oxygen atoms in total. The number of nitrogens with one attached hydrogen (secondary N) is 1. The first-order valence-electron chi connectivity index (χ1n) is 4.15. The molecule has 2 amide bonds. The highest BCUT2D eigenvalue weighted by Gasteiger charge is 2.28. The molecule has 0 aromatic heterocycles. The molecular weight excluding hydrogens is 223 g/mol. The van der Waals surface area contributed by atoms with Crippen LogP contribution in [0.3, 0.4) is 0 Å². The lowest BCUT2D eigenvalue weighted by Gasteiger charge is -2.15. The third-order valence-electron chi connectivity index (χ3n) is 1.96. The van der Waals surface area contributed by atoms with Crippen molar-refractivity contribution in [2.24, 2.45) is 0 Å². The molecule has 1 N–H and O–H groups in total. The van der Waals surface area contributed by atoms with E-state index in [-0.39, 0.29) is 23.3 Å². The molecular formula is C9H6ClFN2O2. The van der Waals surface area contributed by atoms with Crippen molar-refractivity contribution < 1.29 is 14.0 Å². The van der Waals surface area contributed by atoms with Crippen LogP contribution in [0.15, 0.2) is 18.2 Å². The van der Waals surface area contributed by atoms with Crippen LogP contribution in [-0.4, -0.2) is 11.8 Å². The standard InChI is InChI=1S/C9H6ClFN2O2/c10-6-3-5(1-2-7(6)11)13-9(15)4-8(14)12-13/h1-3H,4H2,(H,12,14). The second kappa shape index (κ2) is 3.51. The van der Waals surface area contributed by atoms with E-state index in [0.717, 1.165) is 11.1 Å². The zero-order valence-electron chi connectivity index (χ0n) is 7.46. The second-order valence-corrected chi connectivity index (χ2v) is 3.45. The molecule has 1 aliphatic heterocycles. The van der Waals surface area contributed by atoms with Gasteiger partial charge >= 0.3 is 0 Å². The predicted octanol–water partition coefficient (Wildman–Crippen LogP) is 1.25. The van der Waals surface area contributed by atoms with Gasteiger partial charge in [-0.25, -0.2) is 9.40 Å². The Labute approximate surface area is 89.6 Å². The van der Waals surface area contributed by atoms with E-state index in [4.69, 9.17) is 11.6 Å². The van der Waals surface area contributed by atoms with Crippen LogP contribution >= 0.6 is 11.6 Å². The van der Waals surface area contributed by atoms with Gasteiger partial charge in [0.1, 0.15) is 12.2 Å². The molecule has 1 heterocycles. The van der Waals surface area contributed by atoms with Crippen LogP contribution in [0.2, 0.25) is 5.02 Å². The fourth-order valence-electron chi connectivity index (χ4n) is 1.28. The number of hydrogen-bond acceptors (Lipinski definition) is 2. The molecule has 1 aromatic carbocycles. The minimum atomic E-state index is -0.571. The highest BCUT2D eigenvalue weighted by atomic mass is 35.5. The van der Waals surface area contributed by atoms with Crippen LogP contribution in [-0.2, 0) is 9.59 Å². The van der Waals surface area contributed by atoms with E-state index in [2.05, 4.69) is 5.43 Å². The Kier molecular flexibility index (Phi) is 2.32. The van der Waals surface area contributed by atoms with E-state index >= 15 is 0 Å². The summed E-state index contributed by atoms with van der Waals surface area (Å²) in [6.45, 7) is 0. The van der Waals surface area contributed by atoms with E-state index < -0.39 is 5.82 Å². The number of benzene rings is 1. The highest BCUT2D eigenvalue weighted by molar-refractivity contribution is 6.31. The van der Waals surface area contributed by atoms with Crippen LogP contribution < -0.4 is 10.4 Å². The lowest BCUT2D eigenvalue weighted by atomic mass is 10.3. The van der Waals surface area contributed by atoms with Crippen LogP contribution in [0.4, 0.5) is 10.1 Å². The average Bonchev–Trinajstić information content (AvgIpc) is 2.50. The quantitative estimate of drug-likeness (QED) is 0.736. The Balaban J connectivity index is 2.34. The van der Waals surface area contributed by atoms with Crippen molar-refractivity contribution in [1.29, 1.82) is 0 Å². The zero-order valence-corrected chi connectivity index (χ0v) is 8.21. The summed E-state index contributed by atoms with van der Waals surface area (Å²) in [5, 5.41) is 0.953. The summed E-state index contributed by atoms with van der Waals surface area (Å²) in [5.74, 6) is -1.35. The summed E-state index contributed by atoms with van der Waals surface area (Å²) in [6, 6.07) is 3.78. The van der Waals surface area contributed by atoms with E-state index in [0.29, 0.717) is 5.69 Å². The normalized spacial score (nSPS) is 15.7. The molecule has 15 heavy (non-hydrogen) atoms. The van der Waals surface area contributed by atoms with Gasteiger partial charge in [-0.3, -0.25) is 15.0 Å². The van der Waals surface area contributed by atoms with Crippen molar-refractivity contribution in [2.45, 2.75) is 6.42 Å². The number of carbonyl (C=O) groups excluding carboxylic acids is 2. The molecule has 1 fully saturated rings. The van der Waals surface area contributed by atoms with Gasteiger partial charge in [-0.05, 0) is 18.2 Å². The molecule has 0 unspecified atom stereocenters. The average molecular weight is 229 g/mol. The number of hydrazine groups is 1. The lowest BCUT2D eigenvalue weighted by Crippen LogP contribution is -2.35. The molecule has 78 valence electrons. The van der Waals surface area contributed by atoms with Crippen LogP contribution in [0.5, 0.6) is 0 Å². The SMILES string of the molecule is O=C1CC(=O)N(c2ccc(F)c(Cl)c2)N1. The Morgan fingerprint density at radius 3 is 2.67 bits per heavy atom. The molecule has 1 aromatic rings. The Bertz CT molecular complexity index is 450. The van der Waals surface area contributed by atoms with Crippen molar-refractivity contribution in [3.05, 3.63) is 29.0 Å². The van der Waals surface area contributed by atoms with Gasteiger partial charge in [0.15, 0.2) is 0 Å². The molecule has 0 spiro atoms. The first kappa shape index (κ1) is 9.92.